The molecule has 2 nitrogen and oxygen atoms in total. The number of benzene rings is 1. The van der Waals surface area contributed by atoms with Crippen LogP contribution in [0, 0.1) is 0 Å². The van der Waals surface area contributed by atoms with Crippen LogP contribution in [0.25, 0.3) is 0 Å². The lowest BCUT2D eigenvalue weighted by Crippen LogP contribution is -2.06. The minimum atomic E-state index is 0.327. The Morgan fingerprint density at radius 3 is 2.00 bits per heavy atom. The Morgan fingerprint density at radius 2 is 1.62 bits per heavy atom. The minimum Gasteiger partial charge on any atom is -0.496 e. The SMILES string of the molecule is COc1ccc(C=O)c(C(C)C)c1C(C)C. The molecule has 0 aromatic heterocycles. The third-order valence-corrected chi connectivity index (χ3v) is 2.78. The fraction of sp³-hybridized carbons (Fsp3) is 0.500. The molecule has 0 radical (unpaired) electrons. The molecule has 0 saturated heterocycles. The van der Waals surface area contributed by atoms with Gasteiger partial charge in [-0.05, 0) is 29.5 Å². The summed E-state index contributed by atoms with van der Waals surface area (Å²) in [6.07, 6.45) is 0.931. The smallest absolute Gasteiger partial charge is 0.150 e. The van der Waals surface area contributed by atoms with E-state index in [1.165, 1.54) is 0 Å². The van der Waals surface area contributed by atoms with Crippen LogP contribution in [0.15, 0.2) is 12.1 Å². The molecular formula is C14H20O2. The highest BCUT2D eigenvalue weighted by molar-refractivity contribution is 5.79. The van der Waals surface area contributed by atoms with Crippen LogP contribution in [0.3, 0.4) is 0 Å². The van der Waals surface area contributed by atoms with Crippen molar-refractivity contribution in [3.8, 4) is 5.75 Å². The molecule has 0 fully saturated rings. The second-order valence-corrected chi connectivity index (χ2v) is 4.61. The maximum absolute atomic E-state index is 11.1. The van der Waals surface area contributed by atoms with Crippen molar-refractivity contribution in [2.75, 3.05) is 7.11 Å². The summed E-state index contributed by atoms with van der Waals surface area (Å²) in [4.78, 5) is 11.1. The molecule has 1 rings (SSSR count). The fourth-order valence-corrected chi connectivity index (χ4v) is 2.15. The van der Waals surface area contributed by atoms with E-state index >= 15 is 0 Å². The Hall–Kier alpha value is -1.31. The molecule has 0 aliphatic carbocycles. The number of rotatable bonds is 4. The van der Waals surface area contributed by atoms with Gasteiger partial charge in [-0.1, -0.05) is 27.7 Å². The summed E-state index contributed by atoms with van der Waals surface area (Å²) < 4.78 is 5.38. The van der Waals surface area contributed by atoms with E-state index < -0.39 is 0 Å². The number of aldehydes is 1. The van der Waals surface area contributed by atoms with Gasteiger partial charge < -0.3 is 4.74 Å². The predicted octanol–water partition coefficient (Wildman–Crippen LogP) is 3.75. The third-order valence-electron chi connectivity index (χ3n) is 2.78. The molecule has 0 spiro atoms. The third kappa shape index (κ3) is 2.26. The van der Waals surface area contributed by atoms with Crippen molar-refractivity contribution in [3.05, 3.63) is 28.8 Å². The van der Waals surface area contributed by atoms with Crippen molar-refractivity contribution in [1.29, 1.82) is 0 Å². The molecule has 1 aromatic rings. The largest absolute Gasteiger partial charge is 0.496 e. The molecule has 0 heterocycles. The zero-order chi connectivity index (χ0) is 12.3. The second-order valence-electron chi connectivity index (χ2n) is 4.61. The zero-order valence-corrected chi connectivity index (χ0v) is 10.7. The highest BCUT2D eigenvalue weighted by Gasteiger charge is 2.18. The normalized spacial score (nSPS) is 10.9. The van der Waals surface area contributed by atoms with E-state index in [-0.39, 0.29) is 0 Å². The molecule has 0 aliphatic rings. The summed E-state index contributed by atoms with van der Waals surface area (Å²) in [7, 11) is 1.67. The van der Waals surface area contributed by atoms with Gasteiger partial charge in [-0.15, -0.1) is 0 Å². The standard InChI is InChI=1S/C14H20O2/c1-9(2)13-11(8-15)6-7-12(16-5)14(13)10(3)4/h6-10H,1-5H3. The van der Waals surface area contributed by atoms with Crippen LogP contribution in [0.2, 0.25) is 0 Å². The van der Waals surface area contributed by atoms with Gasteiger partial charge in [-0.3, -0.25) is 4.79 Å². The lowest BCUT2D eigenvalue weighted by Gasteiger charge is -2.21. The van der Waals surface area contributed by atoms with Gasteiger partial charge in [-0.2, -0.15) is 0 Å². The van der Waals surface area contributed by atoms with Crippen LogP contribution in [0.5, 0.6) is 5.75 Å². The quantitative estimate of drug-likeness (QED) is 0.722. The Morgan fingerprint density at radius 1 is 1.06 bits per heavy atom. The first-order valence-electron chi connectivity index (χ1n) is 5.68. The number of hydrogen-bond acceptors (Lipinski definition) is 2. The molecule has 0 aliphatic heterocycles. The molecule has 0 atom stereocenters. The molecule has 0 amide bonds. The molecule has 2 heteroatoms. The van der Waals surface area contributed by atoms with Crippen molar-refractivity contribution in [2.24, 2.45) is 0 Å². The molecule has 0 unspecified atom stereocenters. The molecule has 0 saturated carbocycles. The van der Waals surface area contributed by atoms with Crippen LogP contribution < -0.4 is 4.74 Å². The van der Waals surface area contributed by atoms with Crippen LogP contribution >= 0.6 is 0 Å². The zero-order valence-electron chi connectivity index (χ0n) is 10.7. The van der Waals surface area contributed by atoms with Crippen LogP contribution in [-0.2, 0) is 0 Å². The van der Waals surface area contributed by atoms with Gasteiger partial charge in [0.05, 0.1) is 7.11 Å². The number of methoxy groups -OCH3 is 1. The van der Waals surface area contributed by atoms with Gasteiger partial charge in [0.2, 0.25) is 0 Å². The molecule has 0 N–H and O–H groups in total. The maximum atomic E-state index is 11.1. The monoisotopic (exact) mass is 220 g/mol. The summed E-state index contributed by atoms with van der Waals surface area (Å²) in [5.41, 5.74) is 3.05. The van der Waals surface area contributed by atoms with Gasteiger partial charge in [-0.25, -0.2) is 0 Å². The lowest BCUT2D eigenvalue weighted by molar-refractivity contribution is 0.112. The highest BCUT2D eigenvalue weighted by Crippen LogP contribution is 2.35. The number of hydrogen-bond donors (Lipinski definition) is 0. The van der Waals surface area contributed by atoms with E-state index in [1.807, 2.05) is 12.1 Å². The van der Waals surface area contributed by atoms with Crippen molar-refractivity contribution < 1.29 is 9.53 Å². The van der Waals surface area contributed by atoms with Crippen LogP contribution in [0.1, 0.15) is 61.0 Å². The Kier molecular flexibility index (Phi) is 4.11. The number of ether oxygens (including phenoxy) is 1. The summed E-state index contributed by atoms with van der Waals surface area (Å²) in [6, 6.07) is 3.72. The van der Waals surface area contributed by atoms with Gasteiger partial charge >= 0.3 is 0 Å². The number of carbonyl (C=O) groups is 1. The molecular weight excluding hydrogens is 200 g/mol. The first-order chi connectivity index (χ1) is 7.52. The average Bonchev–Trinajstić information content (AvgIpc) is 2.26. The summed E-state index contributed by atoms with van der Waals surface area (Å²) in [6.45, 7) is 8.46. The van der Waals surface area contributed by atoms with Gasteiger partial charge in [0, 0.05) is 11.1 Å². The van der Waals surface area contributed by atoms with Gasteiger partial charge in [0.15, 0.2) is 0 Å². The van der Waals surface area contributed by atoms with Crippen LogP contribution in [-0.4, -0.2) is 13.4 Å². The summed E-state index contributed by atoms with van der Waals surface area (Å²) in [5.74, 6) is 1.56. The van der Waals surface area contributed by atoms with Crippen molar-refractivity contribution in [3.63, 3.8) is 0 Å². The molecule has 16 heavy (non-hydrogen) atoms. The first-order valence-corrected chi connectivity index (χ1v) is 5.68. The van der Waals surface area contributed by atoms with E-state index in [4.69, 9.17) is 4.74 Å². The predicted molar refractivity (Wildman–Crippen MR) is 66.6 cm³/mol. The number of carbonyl (C=O) groups excluding carboxylic acids is 1. The molecule has 1 aromatic carbocycles. The average molecular weight is 220 g/mol. The second kappa shape index (κ2) is 5.15. The van der Waals surface area contributed by atoms with Crippen molar-refractivity contribution >= 4 is 6.29 Å². The van der Waals surface area contributed by atoms with E-state index in [0.29, 0.717) is 11.8 Å². The van der Waals surface area contributed by atoms with Crippen LogP contribution in [0.4, 0.5) is 0 Å². The topological polar surface area (TPSA) is 26.3 Å². The highest BCUT2D eigenvalue weighted by atomic mass is 16.5. The Labute approximate surface area is 97.6 Å². The summed E-state index contributed by atoms with van der Waals surface area (Å²) >= 11 is 0. The van der Waals surface area contributed by atoms with Crippen molar-refractivity contribution in [2.45, 2.75) is 39.5 Å². The molecule has 0 bridgehead atoms. The van der Waals surface area contributed by atoms with Crippen molar-refractivity contribution in [1.82, 2.24) is 0 Å². The van der Waals surface area contributed by atoms with Gasteiger partial charge in [0.25, 0.3) is 0 Å². The summed E-state index contributed by atoms with van der Waals surface area (Å²) in [5, 5.41) is 0. The van der Waals surface area contributed by atoms with E-state index in [9.17, 15) is 4.79 Å². The lowest BCUT2D eigenvalue weighted by atomic mass is 9.86. The Balaban J connectivity index is 3.53. The van der Waals surface area contributed by atoms with Gasteiger partial charge in [0.1, 0.15) is 12.0 Å². The van der Waals surface area contributed by atoms with E-state index in [0.717, 1.165) is 28.7 Å². The maximum Gasteiger partial charge on any atom is 0.150 e. The van der Waals surface area contributed by atoms with E-state index in [1.54, 1.807) is 7.11 Å². The minimum absolute atomic E-state index is 0.327. The fourth-order valence-electron chi connectivity index (χ4n) is 2.15. The first kappa shape index (κ1) is 12.8. The molecule has 88 valence electrons. The van der Waals surface area contributed by atoms with E-state index in [2.05, 4.69) is 27.7 Å². The Bertz CT molecular complexity index is 379.